The second-order valence-electron chi connectivity index (χ2n) is 3.57. The van der Waals surface area contributed by atoms with Crippen molar-refractivity contribution in [1.82, 2.24) is 0 Å². The third kappa shape index (κ3) is 0.986. The van der Waals surface area contributed by atoms with E-state index in [1.807, 2.05) is 0 Å². The summed E-state index contributed by atoms with van der Waals surface area (Å²) in [5.74, 6) is -0.100. The first kappa shape index (κ1) is 7.59. The third-order valence-corrected chi connectivity index (χ3v) is 2.70. The van der Waals surface area contributed by atoms with Crippen LogP contribution in [-0.4, -0.2) is 12.6 Å². The van der Waals surface area contributed by atoms with E-state index in [1.165, 1.54) is 16.7 Å². The molecule has 0 aromatic heterocycles. The lowest BCUT2D eigenvalue weighted by molar-refractivity contribution is -0.136. The summed E-state index contributed by atoms with van der Waals surface area (Å²) in [5, 5.41) is 0. The second kappa shape index (κ2) is 2.47. The summed E-state index contributed by atoms with van der Waals surface area (Å²) >= 11 is 0. The van der Waals surface area contributed by atoms with Gasteiger partial charge in [-0.3, -0.25) is 0 Å². The maximum atomic E-state index is 11.2. The molecule has 0 atom stereocenters. The van der Waals surface area contributed by atoms with Crippen molar-refractivity contribution >= 4 is 5.97 Å². The molecule has 1 heterocycles. The predicted octanol–water partition coefficient (Wildman–Crippen LogP) is 1.97. The van der Waals surface area contributed by atoms with Crippen LogP contribution in [0.2, 0.25) is 0 Å². The molecule has 0 fully saturated rings. The number of hydrogen-bond donors (Lipinski definition) is 0. The fourth-order valence-electron chi connectivity index (χ4n) is 1.71. The number of carbonyl (C=O) groups is 1. The largest absolute Gasteiger partial charge is 0.458 e. The van der Waals surface area contributed by atoms with Gasteiger partial charge in [-0.2, -0.15) is 0 Å². The molecule has 64 valence electrons. The van der Waals surface area contributed by atoms with Crippen LogP contribution in [0.1, 0.15) is 26.7 Å². The Kier molecular flexibility index (Phi) is 1.56. The Hall–Kier alpha value is -1.05. The van der Waals surface area contributed by atoms with Crippen LogP contribution < -0.4 is 0 Å². The van der Waals surface area contributed by atoms with Gasteiger partial charge in [-0.1, -0.05) is 11.1 Å². The smallest absolute Gasteiger partial charge is 0.334 e. The van der Waals surface area contributed by atoms with Gasteiger partial charge in [0, 0.05) is 12.0 Å². The van der Waals surface area contributed by atoms with Gasteiger partial charge < -0.3 is 4.74 Å². The number of rotatable bonds is 0. The van der Waals surface area contributed by atoms with Crippen LogP contribution in [0.15, 0.2) is 22.3 Å². The number of ether oxygens (including phenoxy) is 1. The van der Waals surface area contributed by atoms with E-state index in [9.17, 15) is 4.79 Å². The summed E-state index contributed by atoms with van der Waals surface area (Å²) in [6.07, 6.45) is 1.74. The lowest BCUT2D eigenvalue weighted by Gasteiger charge is -2.14. The molecular formula is C10H12O2. The summed E-state index contributed by atoms with van der Waals surface area (Å²) in [6, 6.07) is 0. The van der Waals surface area contributed by atoms with Crippen molar-refractivity contribution in [2.24, 2.45) is 0 Å². The van der Waals surface area contributed by atoms with Gasteiger partial charge in [0.25, 0.3) is 0 Å². The quantitative estimate of drug-likeness (QED) is 0.404. The Balaban J connectivity index is 2.30. The first-order chi connectivity index (χ1) is 5.68. The molecule has 0 N–H and O–H groups in total. The van der Waals surface area contributed by atoms with Gasteiger partial charge in [0.15, 0.2) is 0 Å². The fourth-order valence-corrected chi connectivity index (χ4v) is 1.71. The Labute approximate surface area is 71.9 Å². The van der Waals surface area contributed by atoms with Gasteiger partial charge in [-0.05, 0) is 25.8 Å². The Morgan fingerprint density at radius 3 is 2.58 bits per heavy atom. The second-order valence-corrected chi connectivity index (χ2v) is 3.57. The van der Waals surface area contributed by atoms with Crippen molar-refractivity contribution < 1.29 is 9.53 Å². The standard InChI is InChI=1S/C10H12O2/c1-6-3-8-5-12-10(11)9(8)4-7(6)2/h3-5H2,1-2H3. The van der Waals surface area contributed by atoms with Gasteiger partial charge in [0.1, 0.15) is 6.61 Å². The highest BCUT2D eigenvalue weighted by molar-refractivity contribution is 5.92. The number of carbonyl (C=O) groups excluding carboxylic acids is 1. The first-order valence-corrected chi connectivity index (χ1v) is 4.21. The highest BCUT2D eigenvalue weighted by Gasteiger charge is 2.27. The van der Waals surface area contributed by atoms with Crippen molar-refractivity contribution in [3.05, 3.63) is 22.3 Å². The Morgan fingerprint density at radius 1 is 1.17 bits per heavy atom. The van der Waals surface area contributed by atoms with Crippen LogP contribution in [0.3, 0.4) is 0 Å². The molecule has 0 radical (unpaired) electrons. The molecule has 2 nitrogen and oxygen atoms in total. The molecule has 0 saturated heterocycles. The number of hydrogen-bond acceptors (Lipinski definition) is 2. The minimum absolute atomic E-state index is 0.100. The molecule has 0 bridgehead atoms. The lowest BCUT2D eigenvalue weighted by Crippen LogP contribution is -2.03. The van der Waals surface area contributed by atoms with Crippen LogP contribution in [0.25, 0.3) is 0 Å². The van der Waals surface area contributed by atoms with E-state index in [0.29, 0.717) is 6.61 Å². The molecule has 0 spiro atoms. The third-order valence-electron chi connectivity index (χ3n) is 2.70. The molecule has 0 aromatic rings. The maximum absolute atomic E-state index is 11.2. The topological polar surface area (TPSA) is 26.3 Å². The van der Waals surface area contributed by atoms with Crippen LogP contribution >= 0.6 is 0 Å². The summed E-state index contributed by atoms with van der Waals surface area (Å²) in [6.45, 7) is 4.74. The van der Waals surface area contributed by atoms with Crippen LogP contribution in [0.5, 0.6) is 0 Å². The van der Waals surface area contributed by atoms with E-state index in [2.05, 4.69) is 13.8 Å². The average Bonchev–Trinajstić information content (AvgIpc) is 2.35. The molecule has 0 aromatic carbocycles. The van der Waals surface area contributed by atoms with Crippen LogP contribution in [0, 0.1) is 0 Å². The molecule has 0 amide bonds. The van der Waals surface area contributed by atoms with E-state index >= 15 is 0 Å². The molecule has 1 aliphatic carbocycles. The first-order valence-electron chi connectivity index (χ1n) is 4.21. The van der Waals surface area contributed by atoms with E-state index in [1.54, 1.807) is 0 Å². The van der Waals surface area contributed by atoms with Crippen LogP contribution in [0.4, 0.5) is 0 Å². The molecule has 1 aliphatic heterocycles. The van der Waals surface area contributed by atoms with Gasteiger partial charge in [-0.15, -0.1) is 0 Å². The number of esters is 1. The van der Waals surface area contributed by atoms with E-state index in [-0.39, 0.29) is 5.97 Å². The average molecular weight is 164 g/mol. The minimum Gasteiger partial charge on any atom is -0.458 e. The summed E-state index contributed by atoms with van der Waals surface area (Å²) in [4.78, 5) is 11.2. The number of cyclic esters (lactones) is 1. The van der Waals surface area contributed by atoms with Gasteiger partial charge in [0.2, 0.25) is 0 Å². The highest BCUT2D eigenvalue weighted by atomic mass is 16.5. The van der Waals surface area contributed by atoms with Gasteiger partial charge in [0.05, 0.1) is 0 Å². The Bertz CT molecular complexity index is 308. The monoisotopic (exact) mass is 164 g/mol. The fraction of sp³-hybridized carbons (Fsp3) is 0.500. The molecule has 0 saturated carbocycles. The zero-order valence-corrected chi connectivity index (χ0v) is 7.44. The Morgan fingerprint density at radius 2 is 1.83 bits per heavy atom. The van der Waals surface area contributed by atoms with E-state index < -0.39 is 0 Å². The van der Waals surface area contributed by atoms with Crippen molar-refractivity contribution in [2.45, 2.75) is 26.7 Å². The molecule has 2 aliphatic rings. The lowest BCUT2D eigenvalue weighted by atomic mass is 9.89. The van der Waals surface area contributed by atoms with Crippen molar-refractivity contribution in [2.75, 3.05) is 6.61 Å². The highest BCUT2D eigenvalue weighted by Crippen LogP contribution is 2.33. The predicted molar refractivity (Wildman–Crippen MR) is 45.6 cm³/mol. The molecule has 12 heavy (non-hydrogen) atoms. The minimum atomic E-state index is -0.100. The molecule has 0 unspecified atom stereocenters. The number of allylic oxidation sites excluding steroid dienone is 2. The summed E-state index contributed by atoms with van der Waals surface area (Å²) in [7, 11) is 0. The normalized spacial score (nSPS) is 23.0. The molecule has 2 rings (SSSR count). The zero-order chi connectivity index (χ0) is 8.72. The molecule has 2 heteroatoms. The summed E-state index contributed by atoms with van der Waals surface area (Å²) < 4.78 is 4.96. The van der Waals surface area contributed by atoms with Crippen LogP contribution in [-0.2, 0) is 9.53 Å². The zero-order valence-electron chi connectivity index (χ0n) is 7.44. The maximum Gasteiger partial charge on any atom is 0.334 e. The van der Waals surface area contributed by atoms with Crippen molar-refractivity contribution in [3.8, 4) is 0 Å². The van der Waals surface area contributed by atoms with Gasteiger partial charge >= 0.3 is 5.97 Å². The van der Waals surface area contributed by atoms with Gasteiger partial charge in [-0.25, -0.2) is 4.79 Å². The van der Waals surface area contributed by atoms with E-state index in [4.69, 9.17) is 4.74 Å². The van der Waals surface area contributed by atoms with E-state index in [0.717, 1.165) is 18.4 Å². The SMILES string of the molecule is CC1=C(C)CC2=C(COC2=O)C1. The summed E-state index contributed by atoms with van der Waals surface area (Å²) in [5.41, 5.74) is 4.83. The van der Waals surface area contributed by atoms with Crippen molar-refractivity contribution in [3.63, 3.8) is 0 Å². The molecular weight excluding hydrogens is 152 g/mol. The van der Waals surface area contributed by atoms with Crippen molar-refractivity contribution in [1.29, 1.82) is 0 Å².